The lowest BCUT2D eigenvalue weighted by Crippen LogP contribution is -1.99. The van der Waals surface area contributed by atoms with E-state index < -0.39 is 0 Å². The van der Waals surface area contributed by atoms with Crippen LogP contribution in [0.25, 0.3) is 0 Å². The average molecular weight is 270 g/mol. The molecule has 19 heavy (non-hydrogen) atoms. The first kappa shape index (κ1) is 13.3. The van der Waals surface area contributed by atoms with Gasteiger partial charge in [0.1, 0.15) is 11.8 Å². The summed E-state index contributed by atoms with van der Waals surface area (Å²) in [5.74, 6) is 1.96. The Morgan fingerprint density at radius 2 is 2.16 bits per heavy atom. The highest BCUT2D eigenvalue weighted by Gasteiger charge is 2.04. The molecule has 2 rings (SSSR count). The van der Waals surface area contributed by atoms with Crippen molar-refractivity contribution in [2.45, 2.75) is 11.4 Å². The predicted octanol–water partition coefficient (Wildman–Crippen LogP) is 4.04. The molecule has 0 spiro atoms. The summed E-state index contributed by atoms with van der Waals surface area (Å²) >= 11 is 1.73. The van der Waals surface area contributed by atoms with Gasteiger partial charge in [0.25, 0.3) is 0 Å². The van der Waals surface area contributed by atoms with Crippen LogP contribution in [0.2, 0.25) is 0 Å². The summed E-state index contributed by atoms with van der Waals surface area (Å²) < 4.78 is 5.33. The topological polar surface area (TPSA) is 49.0 Å². The molecular formula is C15H14N2OS. The molecule has 0 saturated heterocycles. The minimum atomic E-state index is 0.339. The minimum Gasteiger partial charge on any atom is -0.449 e. The number of nitrogens with one attached hydrogen (secondary N) is 1. The highest BCUT2D eigenvalue weighted by molar-refractivity contribution is 7.99. The van der Waals surface area contributed by atoms with Crippen molar-refractivity contribution in [2.75, 3.05) is 11.1 Å². The zero-order chi connectivity index (χ0) is 13.5. The van der Waals surface area contributed by atoms with Crippen LogP contribution in [0.5, 0.6) is 0 Å². The smallest absolute Gasteiger partial charge is 0.203 e. The monoisotopic (exact) mass is 270 g/mol. The SMILES string of the molecule is C=CCSc1ccccc1NCc1ccc(C#N)o1. The second-order valence-electron chi connectivity index (χ2n) is 3.83. The van der Waals surface area contributed by atoms with Crippen LogP contribution in [-0.2, 0) is 6.54 Å². The van der Waals surface area contributed by atoms with E-state index in [2.05, 4.69) is 18.0 Å². The van der Waals surface area contributed by atoms with Gasteiger partial charge >= 0.3 is 0 Å². The van der Waals surface area contributed by atoms with Crippen molar-refractivity contribution in [3.8, 4) is 6.07 Å². The van der Waals surface area contributed by atoms with Crippen LogP contribution in [0.4, 0.5) is 5.69 Å². The summed E-state index contributed by atoms with van der Waals surface area (Å²) in [6, 6.07) is 13.6. The van der Waals surface area contributed by atoms with E-state index in [1.807, 2.05) is 36.4 Å². The number of benzene rings is 1. The van der Waals surface area contributed by atoms with Gasteiger partial charge in [0.15, 0.2) is 0 Å². The van der Waals surface area contributed by atoms with Crippen molar-refractivity contribution in [1.82, 2.24) is 0 Å². The molecule has 1 aromatic heterocycles. The third kappa shape index (κ3) is 3.67. The van der Waals surface area contributed by atoms with Gasteiger partial charge in [-0.15, -0.1) is 18.3 Å². The van der Waals surface area contributed by atoms with E-state index in [4.69, 9.17) is 9.68 Å². The first-order valence-electron chi connectivity index (χ1n) is 5.89. The van der Waals surface area contributed by atoms with Crippen LogP contribution in [0.15, 0.2) is 58.4 Å². The highest BCUT2D eigenvalue weighted by Crippen LogP contribution is 2.27. The Bertz CT molecular complexity index is 598. The third-order valence-corrected chi connectivity index (χ3v) is 3.54. The molecule has 1 N–H and O–H groups in total. The highest BCUT2D eigenvalue weighted by atomic mass is 32.2. The number of furan rings is 1. The second kappa shape index (κ2) is 6.72. The summed E-state index contributed by atoms with van der Waals surface area (Å²) in [5, 5.41) is 12.0. The van der Waals surface area contributed by atoms with E-state index in [1.54, 1.807) is 17.8 Å². The Morgan fingerprint density at radius 3 is 2.89 bits per heavy atom. The van der Waals surface area contributed by atoms with Gasteiger partial charge < -0.3 is 9.73 Å². The first-order chi connectivity index (χ1) is 9.33. The molecule has 0 saturated carbocycles. The fourth-order valence-electron chi connectivity index (χ4n) is 1.60. The molecule has 0 aliphatic rings. The van der Waals surface area contributed by atoms with Crippen LogP contribution in [0.3, 0.4) is 0 Å². The van der Waals surface area contributed by atoms with Crippen molar-refractivity contribution >= 4 is 17.4 Å². The van der Waals surface area contributed by atoms with E-state index >= 15 is 0 Å². The molecule has 0 radical (unpaired) electrons. The van der Waals surface area contributed by atoms with E-state index in [0.29, 0.717) is 12.3 Å². The molecule has 0 unspecified atom stereocenters. The van der Waals surface area contributed by atoms with E-state index in [0.717, 1.165) is 17.2 Å². The second-order valence-corrected chi connectivity index (χ2v) is 4.89. The van der Waals surface area contributed by atoms with Crippen molar-refractivity contribution in [3.05, 3.63) is 60.6 Å². The van der Waals surface area contributed by atoms with Gasteiger partial charge in [0, 0.05) is 16.3 Å². The maximum Gasteiger partial charge on any atom is 0.203 e. The fraction of sp³-hybridized carbons (Fsp3) is 0.133. The van der Waals surface area contributed by atoms with Crippen LogP contribution < -0.4 is 5.32 Å². The molecule has 2 aromatic rings. The Kier molecular flexibility index (Phi) is 4.71. The third-order valence-electron chi connectivity index (χ3n) is 2.47. The number of anilines is 1. The number of thioether (sulfide) groups is 1. The van der Waals surface area contributed by atoms with Gasteiger partial charge in [-0.05, 0) is 24.3 Å². The summed E-state index contributed by atoms with van der Waals surface area (Å²) in [6.45, 7) is 4.29. The quantitative estimate of drug-likeness (QED) is 0.635. The van der Waals surface area contributed by atoms with Gasteiger partial charge in [-0.1, -0.05) is 18.2 Å². The average Bonchev–Trinajstić information content (AvgIpc) is 2.91. The molecule has 0 aliphatic carbocycles. The number of hydrogen-bond acceptors (Lipinski definition) is 4. The van der Waals surface area contributed by atoms with Crippen molar-refractivity contribution in [3.63, 3.8) is 0 Å². The van der Waals surface area contributed by atoms with Crippen LogP contribution in [-0.4, -0.2) is 5.75 Å². The van der Waals surface area contributed by atoms with Crippen LogP contribution in [0.1, 0.15) is 11.5 Å². The largest absolute Gasteiger partial charge is 0.449 e. The molecule has 4 heteroatoms. The van der Waals surface area contributed by atoms with Gasteiger partial charge in [0.05, 0.1) is 6.54 Å². The number of para-hydroxylation sites is 1. The van der Waals surface area contributed by atoms with Crippen molar-refractivity contribution in [2.24, 2.45) is 0 Å². The lowest BCUT2D eigenvalue weighted by molar-refractivity contribution is 0.506. The number of rotatable bonds is 6. The van der Waals surface area contributed by atoms with Crippen molar-refractivity contribution in [1.29, 1.82) is 5.26 Å². The lowest BCUT2D eigenvalue weighted by Gasteiger charge is -2.09. The number of hydrogen-bond donors (Lipinski definition) is 1. The molecular weight excluding hydrogens is 256 g/mol. The molecule has 1 heterocycles. The fourth-order valence-corrected chi connectivity index (χ4v) is 2.37. The number of nitriles is 1. The zero-order valence-corrected chi connectivity index (χ0v) is 11.2. The van der Waals surface area contributed by atoms with Gasteiger partial charge in [-0.2, -0.15) is 5.26 Å². The molecule has 0 aliphatic heterocycles. The Hall–Kier alpha value is -2.12. The predicted molar refractivity (Wildman–Crippen MR) is 78.1 cm³/mol. The van der Waals surface area contributed by atoms with E-state index in [9.17, 15) is 0 Å². The Labute approximate surface area is 116 Å². The molecule has 96 valence electrons. The summed E-state index contributed by atoms with van der Waals surface area (Å²) in [5.41, 5.74) is 1.06. The normalized spacial score (nSPS) is 9.84. The maximum absolute atomic E-state index is 8.70. The maximum atomic E-state index is 8.70. The zero-order valence-electron chi connectivity index (χ0n) is 10.4. The van der Waals surface area contributed by atoms with Gasteiger partial charge in [-0.3, -0.25) is 0 Å². The number of nitrogens with zero attached hydrogens (tertiary/aromatic N) is 1. The Balaban J connectivity index is 2.02. The molecule has 3 nitrogen and oxygen atoms in total. The first-order valence-corrected chi connectivity index (χ1v) is 6.87. The van der Waals surface area contributed by atoms with Gasteiger partial charge in [-0.25, -0.2) is 0 Å². The molecule has 0 amide bonds. The van der Waals surface area contributed by atoms with Crippen LogP contribution >= 0.6 is 11.8 Å². The summed E-state index contributed by atoms with van der Waals surface area (Å²) in [6.07, 6.45) is 1.88. The molecule has 0 atom stereocenters. The van der Waals surface area contributed by atoms with E-state index in [1.165, 1.54) is 4.90 Å². The molecule has 0 bridgehead atoms. The Morgan fingerprint density at radius 1 is 1.32 bits per heavy atom. The van der Waals surface area contributed by atoms with Crippen molar-refractivity contribution < 1.29 is 4.42 Å². The summed E-state index contributed by atoms with van der Waals surface area (Å²) in [7, 11) is 0. The van der Waals surface area contributed by atoms with Gasteiger partial charge in [0.2, 0.25) is 5.76 Å². The van der Waals surface area contributed by atoms with Crippen LogP contribution in [0, 0.1) is 11.3 Å². The summed E-state index contributed by atoms with van der Waals surface area (Å²) in [4.78, 5) is 1.18. The molecule has 1 aromatic carbocycles. The lowest BCUT2D eigenvalue weighted by atomic mass is 10.3. The minimum absolute atomic E-state index is 0.339. The van der Waals surface area contributed by atoms with E-state index in [-0.39, 0.29) is 0 Å². The standard InChI is InChI=1S/C15H14N2OS/c1-2-9-19-15-6-4-3-5-14(15)17-11-13-8-7-12(10-16)18-13/h2-8,17H,1,9,11H2. The molecule has 0 fully saturated rings.